The quantitative estimate of drug-likeness (QED) is 0.419. The first-order valence-corrected chi connectivity index (χ1v) is 9.66. The molecule has 166 valence electrons. The lowest BCUT2D eigenvalue weighted by Gasteiger charge is -2.25. The highest BCUT2D eigenvalue weighted by molar-refractivity contribution is 5.92. The van der Waals surface area contributed by atoms with Gasteiger partial charge in [0.05, 0.1) is 21.7 Å². The van der Waals surface area contributed by atoms with Gasteiger partial charge in [-0.3, -0.25) is 24.4 Å². The molecule has 0 fully saturated rings. The number of hydrogen-bond donors (Lipinski definition) is 0. The van der Waals surface area contributed by atoms with E-state index in [2.05, 4.69) is 6.58 Å². The summed E-state index contributed by atoms with van der Waals surface area (Å²) in [5.74, 6) is -0.770. The van der Waals surface area contributed by atoms with Gasteiger partial charge in [0.1, 0.15) is 11.4 Å². The van der Waals surface area contributed by atoms with E-state index in [4.69, 9.17) is 4.74 Å². The number of aromatic nitrogens is 1. The molecule has 0 N–H and O–H groups in total. The Morgan fingerprint density at radius 1 is 1.25 bits per heavy atom. The molecule has 0 saturated heterocycles. The zero-order valence-electron chi connectivity index (χ0n) is 18.1. The number of carbonyl (C=O) groups is 1. The van der Waals surface area contributed by atoms with Gasteiger partial charge in [-0.05, 0) is 50.4 Å². The van der Waals surface area contributed by atoms with Crippen molar-refractivity contribution >= 4 is 34.3 Å². The monoisotopic (exact) mass is 439 g/mol. The minimum absolute atomic E-state index is 0.0361. The third-order valence-electron chi connectivity index (χ3n) is 4.70. The first-order valence-electron chi connectivity index (χ1n) is 9.66. The molecule has 3 aromatic rings. The number of anilines is 1. The third-order valence-corrected chi connectivity index (χ3v) is 4.70. The van der Waals surface area contributed by atoms with Gasteiger partial charge in [0.15, 0.2) is 0 Å². The second-order valence-corrected chi connectivity index (χ2v) is 8.13. The second-order valence-electron chi connectivity index (χ2n) is 8.13. The van der Waals surface area contributed by atoms with Gasteiger partial charge in [0.25, 0.3) is 11.2 Å². The summed E-state index contributed by atoms with van der Waals surface area (Å²) in [7, 11) is 1.38. The Hall–Kier alpha value is -4.01. The van der Waals surface area contributed by atoms with Gasteiger partial charge in [0.2, 0.25) is 0 Å². The molecular formula is C23H22FN3O5. The van der Waals surface area contributed by atoms with Crippen LogP contribution in [0.4, 0.5) is 20.6 Å². The number of halogens is 1. The van der Waals surface area contributed by atoms with Gasteiger partial charge in [-0.2, -0.15) is 0 Å². The Morgan fingerprint density at radius 2 is 1.94 bits per heavy atom. The van der Waals surface area contributed by atoms with Gasteiger partial charge in [-0.15, -0.1) is 0 Å². The summed E-state index contributed by atoms with van der Waals surface area (Å²) >= 11 is 0. The molecule has 32 heavy (non-hydrogen) atoms. The van der Waals surface area contributed by atoms with Crippen molar-refractivity contribution in [2.75, 3.05) is 11.9 Å². The number of benzene rings is 2. The van der Waals surface area contributed by atoms with Crippen LogP contribution in [0.15, 0.2) is 54.0 Å². The molecule has 0 unspecified atom stereocenters. The first-order chi connectivity index (χ1) is 14.9. The number of ether oxygens (including phenoxy) is 1. The topological polar surface area (TPSA) is 94.7 Å². The van der Waals surface area contributed by atoms with E-state index in [1.54, 1.807) is 26.8 Å². The third kappa shape index (κ3) is 4.36. The summed E-state index contributed by atoms with van der Waals surface area (Å²) in [5, 5.41) is 11.5. The van der Waals surface area contributed by atoms with Crippen LogP contribution >= 0.6 is 0 Å². The molecule has 1 heterocycles. The Balaban J connectivity index is 2.11. The van der Waals surface area contributed by atoms with Crippen molar-refractivity contribution in [3.8, 4) is 5.69 Å². The molecule has 0 radical (unpaired) electrons. The normalized spacial score (nSPS) is 11.3. The number of non-ortho nitro benzene ring substituents is 1. The highest BCUT2D eigenvalue weighted by atomic mass is 19.1. The van der Waals surface area contributed by atoms with Gasteiger partial charge >= 0.3 is 6.09 Å². The molecule has 2 aromatic carbocycles. The molecule has 3 rings (SSSR count). The van der Waals surface area contributed by atoms with E-state index in [1.807, 2.05) is 0 Å². The molecule has 1 amide bonds. The van der Waals surface area contributed by atoms with Crippen molar-refractivity contribution in [2.24, 2.45) is 0 Å². The average molecular weight is 439 g/mol. The number of rotatable bonds is 4. The van der Waals surface area contributed by atoms with Gasteiger partial charge < -0.3 is 4.74 Å². The molecule has 0 saturated carbocycles. The average Bonchev–Trinajstić information content (AvgIpc) is 2.72. The largest absolute Gasteiger partial charge is 0.443 e. The number of amides is 1. The van der Waals surface area contributed by atoms with E-state index in [0.717, 1.165) is 11.0 Å². The van der Waals surface area contributed by atoms with Gasteiger partial charge in [0, 0.05) is 30.9 Å². The van der Waals surface area contributed by atoms with Crippen molar-refractivity contribution in [2.45, 2.75) is 26.4 Å². The lowest BCUT2D eigenvalue weighted by molar-refractivity contribution is -0.384. The van der Waals surface area contributed by atoms with Crippen LogP contribution in [0.5, 0.6) is 0 Å². The highest BCUT2D eigenvalue weighted by Crippen LogP contribution is 2.27. The van der Waals surface area contributed by atoms with E-state index < -0.39 is 28.0 Å². The summed E-state index contributed by atoms with van der Waals surface area (Å²) in [5.41, 5.74) is -0.704. The van der Waals surface area contributed by atoms with Crippen molar-refractivity contribution < 1.29 is 18.8 Å². The van der Waals surface area contributed by atoms with Gasteiger partial charge in [-0.1, -0.05) is 12.7 Å². The van der Waals surface area contributed by atoms with Crippen LogP contribution in [0.1, 0.15) is 26.3 Å². The van der Waals surface area contributed by atoms with Crippen molar-refractivity contribution in [3.05, 3.63) is 81.0 Å². The summed E-state index contributed by atoms with van der Waals surface area (Å²) in [6, 6.07) is 8.06. The van der Waals surface area contributed by atoms with Crippen LogP contribution in [0.3, 0.4) is 0 Å². The van der Waals surface area contributed by atoms with Crippen LogP contribution in [0.25, 0.3) is 22.5 Å². The number of nitro groups is 1. The summed E-state index contributed by atoms with van der Waals surface area (Å²) in [4.78, 5) is 36.9. The summed E-state index contributed by atoms with van der Waals surface area (Å²) < 4.78 is 21.4. The number of nitro benzene ring substituents is 1. The van der Waals surface area contributed by atoms with Crippen molar-refractivity contribution in [3.63, 3.8) is 0 Å². The fourth-order valence-electron chi connectivity index (χ4n) is 3.17. The maximum absolute atomic E-state index is 14.9. The molecule has 8 nitrogen and oxygen atoms in total. The Bertz CT molecular complexity index is 1310. The van der Waals surface area contributed by atoms with Crippen LogP contribution in [-0.4, -0.2) is 28.2 Å². The molecular weight excluding hydrogens is 417 g/mol. The van der Waals surface area contributed by atoms with E-state index >= 15 is 0 Å². The number of fused-ring (bicyclic) bond motifs is 1. The number of nitrogens with zero attached hydrogens (tertiary/aromatic N) is 3. The molecule has 0 aliphatic carbocycles. The molecule has 0 bridgehead atoms. The van der Waals surface area contributed by atoms with Gasteiger partial charge in [-0.25, -0.2) is 9.18 Å². The smallest absolute Gasteiger partial charge is 0.414 e. The molecule has 1 aromatic heterocycles. The minimum Gasteiger partial charge on any atom is -0.443 e. The maximum atomic E-state index is 14.9. The second kappa shape index (κ2) is 8.26. The number of hydrogen-bond acceptors (Lipinski definition) is 5. The van der Waals surface area contributed by atoms with E-state index in [1.165, 1.54) is 48.2 Å². The van der Waals surface area contributed by atoms with Crippen molar-refractivity contribution in [1.29, 1.82) is 0 Å². The lowest BCUT2D eigenvalue weighted by atomic mass is 10.1. The first kappa shape index (κ1) is 22.7. The van der Waals surface area contributed by atoms with Crippen LogP contribution in [0.2, 0.25) is 0 Å². The SMILES string of the molecule is C=Cc1cc([N+](=O)[O-])ccc1-n1ccc2cc(N(C)C(=O)OC(C)(C)C)c(F)cc2c1=O. The Kier molecular flexibility index (Phi) is 5.85. The summed E-state index contributed by atoms with van der Waals surface area (Å²) in [6.45, 7) is 8.76. The highest BCUT2D eigenvalue weighted by Gasteiger charge is 2.23. The molecule has 0 spiro atoms. The predicted octanol–water partition coefficient (Wildman–Crippen LogP) is 5.05. The Labute approximate surface area is 183 Å². The molecule has 9 heteroatoms. The van der Waals surface area contributed by atoms with E-state index in [9.17, 15) is 24.1 Å². The molecule has 0 atom stereocenters. The number of carbonyl (C=O) groups excluding carboxylic acids is 1. The lowest BCUT2D eigenvalue weighted by Crippen LogP contribution is -2.34. The number of pyridine rings is 1. The zero-order valence-corrected chi connectivity index (χ0v) is 18.1. The Morgan fingerprint density at radius 3 is 2.53 bits per heavy atom. The van der Waals surface area contributed by atoms with Crippen molar-refractivity contribution in [1.82, 2.24) is 4.57 Å². The van der Waals surface area contributed by atoms with E-state index in [0.29, 0.717) is 16.6 Å². The summed E-state index contributed by atoms with van der Waals surface area (Å²) in [6.07, 6.45) is 2.15. The fourth-order valence-corrected chi connectivity index (χ4v) is 3.17. The zero-order chi connectivity index (χ0) is 23.8. The minimum atomic E-state index is -0.770. The molecule has 0 aliphatic heterocycles. The van der Waals surface area contributed by atoms with E-state index in [-0.39, 0.29) is 16.8 Å². The predicted molar refractivity (Wildman–Crippen MR) is 121 cm³/mol. The molecule has 0 aliphatic rings. The standard InChI is InChI=1S/C23H22FN3O5/c1-6-14-11-16(27(30)31)7-8-19(14)26-10-9-15-12-20(18(24)13-17(15)21(26)28)25(5)22(29)32-23(2,3)4/h6-13H,1H2,2-5H3. The van der Waals surface area contributed by atoms with Crippen LogP contribution in [0, 0.1) is 15.9 Å². The van der Waals surface area contributed by atoms with Crippen LogP contribution < -0.4 is 10.5 Å². The maximum Gasteiger partial charge on any atom is 0.414 e. The van der Waals surface area contributed by atoms with Crippen LogP contribution in [-0.2, 0) is 4.74 Å². The fraction of sp³-hybridized carbons (Fsp3) is 0.217.